The second-order valence-electron chi connectivity index (χ2n) is 5.32. The summed E-state index contributed by atoms with van der Waals surface area (Å²) < 4.78 is 2.18. The number of hydrogen-bond acceptors (Lipinski definition) is 4. The first-order chi connectivity index (χ1) is 9.72. The number of rotatable bonds is 3. The summed E-state index contributed by atoms with van der Waals surface area (Å²) >= 11 is 3.23. The van der Waals surface area contributed by atoms with Gasteiger partial charge in [-0.1, -0.05) is 30.8 Å². The summed E-state index contributed by atoms with van der Waals surface area (Å²) in [6.07, 6.45) is 2.38. The average molecular weight is 306 g/mol. The molecule has 1 aliphatic rings. The second kappa shape index (κ2) is 6.14. The molecule has 2 aromatic rings. The van der Waals surface area contributed by atoms with Crippen molar-refractivity contribution >= 4 is 39.2 Å². The zero-order valence-corrected chi connectivity index (χ0v) is 13.2. The predicted molar refractivity (Wildman–Crippen MR) is 85.3 cm³/mol. The largest absolute Gasteiger partial charge is 0.342 e. The van der Waals surface area contributed by atoms with Crippen LogP contribution >= 0.6 is 23.1 Å². The maximum Gasteiger partial charge on any atom is 0.233 e. The van der Waals surface area contributed by atoms with Crippen LogP contribution in [0.15, 0.2) is 28.6 Å². The van der Waals surface area contributed by atoms with Crippen LogP contribution in [-0.4, -0.2) is 34.6 Å². The van der Waals surface area contributed by atoms with Gasteiger partial charge in [0.15, 0.2) is 4.34 Å². The van der Waals surface area contributed by atoms with E-state index in [1.54, 1.807) is 23.1 Å². The van der Waals surface area contributed by atoms with E-state index in [4.69, 9.17) is 0 Å². The number of hydrogen-bond donors (Lipinski definition) is 0. The number of aromatic nitrogens is 1. The number of fused-ring (bicyclic) bond motifs is 1. The lowest BCUT2D eigenvalue weighted by Gasteiger charge is -2.30. The van der Waals surface area contributed by atoms with Gasteiger partial charge < -0.3 is 4.90 Å². The van der Waals surface area contributed by atoms with Crippen molar-refractivity contribution in [1.82, 2.24) is 9.88 Å². The van der Waals surface area contributed by atoms with Gasteiger partial charge in [-0.05, 0) is 30.9 Å². The fourth-order valence-electron chi connectivity index (χ4n) is 2.54. The second-order valence-corrected chi connectivity index (χ2v) is 7.58. The maximum atomic E-state index is 12.2. The number of amides is 1. The third kappa shape index (κ3) is 3.15. The molecule has 0 radical (unpaired) electrons. The van der Waals surface area contributed by atoms with Crippen molar-refractivity contribution in [2.24, 2.45) is 5.92 Å². The standard InChI is InChI=1S/C15H18N2OS2/c1-11-5-4-8-17(9-11)14(18)10-19-15-16-12-6-2-3-7-13(12)20-15/h2-3,6-7,11H,4-5,8-10H2,1H3. The molecule has 1 fully saturated rings. The molecule has 3 rings (SSSR count). The third-order valence-electron chi connectivity index (χ3n) is 3.60. The Bertz CT molecular complexity index is 578. The number of nitrogens with zero attached hydrogens (tertiary/aromatic N) is 2. The van der Waals surface area contributed by atoms with Crippen molar-refractivity contribution in [1.29, 1.82) is 0 Å². The van der Waals surface area contributed by atoms with E-state index in [1.165, 1.54) is 11.1 Å². The molecule has 0 N–H and O–H groups in total. The predicted octanol–water partition coefficient (Wildman–Crippen LogP) is 3.65. The summed E-state index contributed by atoms with van der Waals surface area (Å²) in [4.78, 5) is 18.8. The third-order valence-corrected chi connectivity index (χ3v) is 5.77. The molecule has 0 spiro atoms. The van der Waals surface area contributed by atoms with E-state index >= 15 is 0 Å². The summed E-state index contributed by atoms with van der Waals surface area (Å²) in [7, 11) is 0. The number of likely N-dealkylation sites (tertiary alicyclic amines) is 1. The quantitative estimate of drug-likeness (QED) is 0.812. The minimum absolute atomic E-state index is 0.251. The minimum Gasteiger partial charge on any atom is -0.342 e. The Morgan fingerprint density at radius 1 is 1.50 bits per heavy atom. The highest BCUT2D eigenvalue weighted by atomic mass is 32.2. The van der Waals surface area contributed by atoms with Gasteiger partial charge in [0.2, 0.25) is 5.91 Å². The molecule has 0 aliphatic carbocycles. The first-order valence-electron chi connectivity index (χ1n) is 6.98. The summed E-state index contributed by atoms with van der Waals surface area (Å²) in [5.74, 6) is 1.40. The number of benzene rings is 1. The van der Waals surface area contributed by atoms with Crippen molar-refractivity contribution in [3.8, 4) is 0 Å². The zero-order chi connectivity index (χ0) is 13.9. The summed E-state index contributed by atoms with van der Waals surface area (Å²) in [5, 5.41) is 0. The lowest BCUT2D eigenvalue weighted by molar-refractivity contribution is -0.130. The molecule has 3 nitrogen and oxygen atoms in total. The lowest BCUT2D eigenvalue weighted by Crippen LogP contribution is -2.40. The maximum absolute atomic E-state index is 12.2. The summed E-state index contributed by atoms with van der Waals surface area (Å²) in [5.41, 5.74) is 1.03. The molecular weight excluding hydrogens is 288 g/mol. The Morgan fingerprint density at radius 3 is 3.15 bits per heavy atom. The molecule has 1 aliphatic heterocycles. The average Bonchev–Trinajstić information content (AvgIpc) is 2.87. The molecule has 5 heteroatoms. The summed E-state index contributed by atoms with van der Waals surface area (Å²) in [6.45, 7) is 4.06. The number of para-hydroxylation sites is 1. The summed E-state index contributed by atoms with van der Waals surface area (Å²) in [6, 6.07) is 8.11. The van der Waals surface area contributed by atoms with Crippen LogP contribution in [0, 0.1) is 5.92 Å². The monoisotopic (exact) mass is 306 g/mol. The van der Waals surface area contributed by atoms with Crippen molar-refractivity contribution in [3.05, 3.63) is 24.3 Å². The van der Waals surface area contributed by atoms with Crippen molar-refractivity contribution in [3.63, 3.8) is 0 Å². The molecule has 1 atom stereocenters. The van der Waals surface area contributed by atoms with E-state index in [0.717, 1.165) is 29.4 Å². The molecule has 20 heavy (non-hydrogen) atoms. The van der Waals surface area contributed by atoms with Gasteiger partial charge in [0.05, 0.1) is 16.0 Å². The minimum atomic E-state index is 0.251. The zero-order valence-electron chi connectivity index (χ0n) is 11.5. The molecular formula is C15H18N2OS2. The Kier molecular flexibility index (Phi) is 4.27. The SMILES string of the molecule is CC1CCCN(C(=O)CSc2nc3ccccc3s2)C1. The van der Waals surface area contributed by atoms with E-state index in [-0.39, 0.29) is 5.91 Å². The van der Waals surface area contributed by atoms with Gasteiger partial charge in [0.1, 0.15) is 0 Å². The molecule has 1 unspecified atom stereocenters. The van der Waals surface area contributed by atoms with Crippen LogP contribution in [0.4, 0.5) is 0 Å². The van der Waals surface area contributed by atoms with E-state index in [9.17, 15) is 4.79 Å². The molecule has 1 aromatic carbocycles. The van der Waals surface area contributed by atoms with Crippen molar-refractivity contribution in [2.75, 3.05) is 18.8 Å². The van der Waals surface area contributed by atoms with Crippen LogP contribution in [-0.2, 0) is 4.79 Å². The highest BCUT2D eigenvalue weighted by molar-refractivity contribution is 8.01. The van der Waals surface area contributed by atoms with Gasteiger partial charge in [-0.2, -0.15) is 0 Å². The number of thiazole rings is 1. The first-order valence-corrected chi connectivity index (χ1v) is 8.79. The molecule has 1 amide bonds. The van der Waals surface area contributed by atoms with Gasteiger partial charge in [-0.15, -0.1) is 11.3 Å². The van der Waals surface area contributed by atoms with E-state index < -0.39 is 0 Å². The number of carbonyl (C=O) groups is 1. The molecule has 106 valence electrons. The van der Waals surface area contributed by atoms with E-state index in [2.05, 4.69) is 18.0 Å². The number of carbonyl (C=O) groups excluding carboxylic acids is 1. The normalized spacial score (nSPS) is 19.4. The lowest BCUT2D eigenvalue weighted by atomic mass is 10.0. The van der Waals surface area contributed by atoms with E-state index in [0.29, 0.717) is 11.7 Å². The van der Waals surface area contributed by atoms with Crippen LogP contribution < -0.4 is 0 Å². The van der Waals surface area contributed by atoms with E-state index in [1.807, 2.05) is 23.1 Å². The molecule has 1 saturated heterocycles. The fourth-order valence-corrected chi connectivity index (χ4v) is 4.51. The molecule has 0 bridgehead atoms. The van der Waals surface area contributed by atoms with Crippen molar-refractivity contribution in [2.45, 2.75) is 24.1 Å². The Labute approximate surface area is 127 Å². The Hall–Kier alpha value is -1.07. The van der Waals surface area contributed by atoms with Crippen LogP contribution in [0.2, 0.25) is 0 Å². The van der Waals surface area contributed by atoms with Crippen LogP contribution in [0.25, 0.3) is 10.2 Å². The fraction of sp³-hybridized carbons (Fsp3) is 0.467. The van der Waals surface area contributed by atoms with Crippen molar-refractivity contribution < 1.29 is 4.79 Å². The number of thioether (sulfide) groups is 1. The highest BCUT2D eigenvalue weighted by Gasteiger charge is 2.21. The van der Waals surface area contributed by atoms with Crippen LogP contribution in [0.1, 0.15) is 19.8 Å². The molecule has 2 heterocycles. The Balaban J connectivity index is 1.59. The highest BCUT2D eigenvalue weighted by Crippen LogP contribution is 2.29. The Morgan fingerprint density at radius 2 is 2.35 bits per heavy atom. The topological polar surface area (TPSA) is 33.2 Å². The van der Waals surface area contributed by atoms with Crippen LogP contribution in [0.5, 0.6) is 0 Å². The van der Waals surface area contributed by atoms with Gasteiger partial charge >= 0.3 is 0 Å². The first kappa shape index (κ1) is 13.9. The molecule has 1 aromatic heterocycles. The van der Waals surface area contributed by atoms with Gasteiger partial charge in [0.25, 0.3) is 0 Å². The number of piperidine rings is 1. The van der Waals surface area contributed by atoms with Gasteiger partial charge in [-0.25, -0.2) is 4.98 Å². The molecule has 0 saturated carbocycles. The van der Waals surface area contributed by atoms with Gasteiger partial charge in [-0.3, -0.25) is 4.79 Å². The smallest absolute Gasteiger partial charge is 0.233 e. The van der Waals surface area contributed by atoms with Crippen LogP contribution in [0.3, 0.4) is 0 Å². The van der Waals surface area contributed by atoms with Gasteiger partial charge in [0, 0.05) is 13.1 Å².